The first-order chi connectivity index (χ1) is 13.9. The number of nitrogens with zero attached hydrogens (tertiary/aromatic N) is 2. The molecular formula is C21H20F3N3OS. The van der Waals surface area contributed by atoms with Crippen molar-refractivity contribution in [2.75, 3.05) is 6.54 Å². The standard InChI is InChI=1S/C21H20F3N3OS/c1-12(28)27-21(29-20(26-27)14-4-7-18(23)19(24)10-14)15(8-9-25)5-2-13-3-6-16(22)11-17(13)21/h3-4,6-7,10-11,15H,2,5,8-9,25H2,1H3/t15-,21+/m1/s1. The fourth-order valence-corrected chi connectivity index (χ4v) is 5.86. The fraction of sp³-hybridized carbons (Fsp3) is 0.333. The molecular weight excluding hydrogens is 399 g/mol. The number of thioether (sulfide) groups is 1. The van der Waals surface area contributed by atoms with E-state index >= 15 is 0 Å². The number of fused-ring (bicyclic) bond motifs is 2. The minimum absolute atomic E-state index is 0.0674. The number of aryl methyl sites for hydroxylation is 1. The third kappa shape index (κ3) is 3.24. The Hall–Kier alpha value is -2.32. The van der Waals surface area contributed by atoms with Crippen molar-refractivity contribution in [2.24, 2.45) is 16.8 Å². The van der Waals surface area contributed by atoms with Crippen molar-refractivity contribution in [3.8, 4) is 0 Å². The van der Waals surface area contributed by atoms with Crippen LogP contribution in [0.2, 0.25) is 0 Å². The van der Waals surface area contributed by atoms with Crippen LogP contribution in [0.4, 0.5) is 13.2 Å². The number of hydrogen-bond donors (Lipinski definition) is 1. The fourth-order valence-electron chi connectivity index (χ4n) is 4.24. The maximum atomic E-state index is 14.2. The van der Waals surface area contributed by atoms with Crippen LogP contribution in [-0.2, 0) is 16.1 Å². The van der Waals surface area contributed by atoms with Crippen LogP contribution in [-0.4, -0.2) is 22.5 Å². The zero-order valence-electron chi connectivity index (χ0n) is 15.8. The molecule has 29 heavy (non-hydrogen) atoms. The molecule has 4 rings (SSSR count). The number of hydrogen-bond acceptors (Lipinski definition) is 4. The van der Waals surface area contributed by atoms with E-state index in [2.05, 4.69) is 5.10 Å². The Kier molecular flexibility index (Phi) is 5.16. The summed E-state index contributed by atoms with van der Waals surface area (Å²) in [5.41, 5.74) is 7.84. The summed E-state index contributed by atoms with van der Waals surface area (Å²) in [5, 5.41) is 6.23. The molecule has 2 aromatic rings. The lowest BCUT2D eigenvalue weighted by atomic mass is 9.77. The van der Waals surface area contributed by atoms with Gasteiger partial charge in [-0.25, -0.2) is 18.2 Å². The number of carbonyl (C=O) groups excluding carboxylic acids is 1. The van der Waals surface area contributed by atoms with Gasteiger partial charge in [-0.15, -0.1) is 0 Å². The maximum absolute atomic E-state index is 14.2. The third-order valence-electron chi connectivity index (χ3n) is 5.51. The van der Waals surface area contributed by atoms with Gasteiger partial charge in [0.2, 0.25) is 5.91 Å². The van der Waals surface area contributed by atoms with E-state index in [1.165, 1.54) is 41.9 Å². The lowest BCUT2D eigenvalue weighted by Crippen LogP contribution is -2.49. The van der Waals surface area contributed by atoms with Gasteiger partial charge in [0.1, 0.15) is 15.7 Å². The number of nitrogens with two attached hydrogens (primary N) is 1. The van der Waals surface area contributed by atoms with Gasteiger partial charge < -0.3 is 5.73 Å². The van der Waals surface area contributed by atoms with E-state index in [0.717, 1.165) is 30.5 Å². The second kappa shape index (κ2) is 7.50. The van der Waals surface area contributed by atoms with Crippen molar-refractivity contribution in [3.05, 3.63) is 70.5 Å². The molecule has 0 unspecified atom stereocenters. The number of amides is 1. The molecule has 8 heteroatoms. The minimum atomic E-state index is -0.991. The van der Waals surface area contributed by atoms with E-state index in [9.17, 15) is 18.0 Å². The maximum Gasteiger partial charge on any atom is 0.241 e. The molecule has 1 spiro atoms. The van der Waals surface area contributed by atoms with E-state index in [1.807, 2.05) is 0 Å². The van der Waals surface area contributed by atoms with Crippen LogP contribution >= 0.6 is 11.8 Å². The lowest BCUT2D eigenvalue weighted by Gasteiger charge is -2.45. The molecule has 4 nitrogen and oxygen atoms in total. The predicted octanol–water partition coefficient (Wildman–Crippen LogP) is 4.13. The number of benzene rings is 2. The quantitative estimate of drug-likeness (QED) is 0.814. The van der Waals surface area contributed by atoms with Gasteiger partial charge in [-0.3, -0.25) is 4.79 Å². The SMILES string of the molecule is CC(=O)N1N=C(c2ccc(F)c(F)c2)S[C@@]12c1cc(F)ccc1CC[C@@H]2CCN. The topological polar surface area (TPSA) is 58.7 Å². The molecule has 1 amide bonds. The summed E-state index contributed by atoms with van der Waals surface area (Å²) >= 11 is 1.28. The normalized spacial score (nSPS) is 23.3. The summed E-state index contributed by atoms with van der Waals surface area (Å²) in [7, 11) is 0. The molecule has 1 heterocycles. The highest BCUT2D eigenvalue weighted by Gasteiger charge is 2.55. The molecule has 0 saturated heterocycles. The summed E-state index contributed by atoms with van der Waals surface area (Å²) in [6, 6.07) is 8.11. The van der Waals surface area contributed by atoms with E-state index in [4.69, 9.17) is 5.73 Å². The first-order valence-electron chi connectivity index (χ1n) is 9.39. The smallest absolute Gasteiger partial charge is 0.241 e. The molecule has 2 N–H and O–H groups in total. The Morgan fingerprint density at radius 2 is 2.03 bits per heavy atom. The van der Waals surface area contributed by atoms with Crippen molar-refractivity contribution < 1.29 is 18.0 Å². The number of hydrazone groups is 1. The number of halogens is 3. The van der Waals surface area contributed by atoms with Gasteiger partial charge in [0.25, 0.3) is 0 Å². The van der Waals surface area contributed by atoms with Crippen LogP contribution in [0.15, 0.2) is 41.5 Å². The molecule has 0 aromatic heterocycles. The summed E-state index contributed by atoms with van der Waals surface area (Å²) in [5.74, 6) is -2.73. The van der Waals surface area contributed by atoms with E-state index in [-0.39, 0.29) is 11.8 Å². The van der Waals surface area contributed by atoms with Gasteiger partial charge in [0, 0.05) is 12.5 Å². The number of rotatable bonds is 3. The van der Waals surface area contributed by atoms with Crippen molar-refractivity contribution in [3.63, 3.8) is 0 Å². The Morgan fingerprint density at radius 3 is 2.72 bits per heavy atom. The Balaban J connectivity index is 1.89. The molecule has 0 fully saturated rings. The van der Waals surface area contributed by atoms with Crippen molar-refractivity contribution in [2.45, 2.75) is 31.1 Å². The zero-order valence-corrected chi connectivity index (χ0v) is 16.6. The van der Waals surface area contributed by atoms with Crippen LogP contribution < -0.4 is 5.73 Å². The van der Waals surface area contributed by atoms with E-state index < -0.39 is 22.3 Å². The van der Waals surface area contributed by atoms with Crippen molar-refractivity contribution in [1.82, 2.24) is 5.01 Å². The van der Waals surface area contributed by atoms with Crippen LogP contribution in [0.25, 0.3) is 0 Å². The highest BCUT2D eigenvalue weighted by molar-refractivity contribution is 8.15. The average molecular weight is 419 g/mol. The Labute approximate surface area is 171 Å². The van der Waals surface area contributed by atoms with E-state index in [0.29, 0.717) is 29.1 Å². The number of carbonyl (C=O) groups is 1. The highest BCUT2D eigenvalue weighted by atomic mass is 32.2. The Morgan fingerprint density at radius 1 is 1.24 bits per heavy atom. The summed E-state index contributed by atoms with van der Waals surface area (Å²) in [6.07, 6.45) is 2.12. The summed E-state index contributed by atoms with van der Waals surface area (Å²) in [4.78, 5) is 11.6. The molecule has 1 aliphatic heterocycles. The van der Waals surface area contributed by atoms with Crippen molar-refractivity contribution in [1.29, 1.82) is 0 Å². The predicted molar refractivity (Wildman–Crippen MR) is 107 cm³/mol. The molecule has 2 atom stereocenters. The van der Waals surface area contributed by atoms with Crippen LogP contribution in [0.3, 0.4) is 0 Å². The molecule has 0 bridgehead atoms. The van der Waals surface area contributed by atoms with Crippen LogP contribution in [0.5, 0.6) is 0 Å². The molecule has 0 radical (unpaired) electrons. The first kappa shape index (κ1) is 20.0. The second-order valence-corrected chi connectivity index (χ2v) is 8.49. The average Bonchev–Trinajstić information content (AvgIpc) is 3.08. The molecule has 0 saturated carbocycles. The van der Waals surface area contributed by atoms with Gasteiger partial charge in [-0.2, -0.15) is 5.10 Å². The first-order valence-corrected chi connectivity index (χ1v) is 10.2. The van der Waals surface area contributed by atoms with Crippen molar-refractivity contribution >= 4 is 22.7 Å². The van der Waals surface area contributed by atoms with Gasteiger partial charge in [-0.1, -0.05) is 17.8 Å². The third-order valence-corrected chi connectivity index (χ3v) is 7.06. The van der Waals surface area contributed by atoms with Crippen LogP contribution in [0, 0.1) is 23.4 Å². The monoisotopic (exact) mass is 419 g/mol. The van der Waals surface area contributed by atoms with Gasteiger partial charge >= 0.3 is 0 Å². The zero-order chi connectivity index (χ0) is 20.8. The second-order valence-electron chi connectivity index (χ2n) is 7.28. The largest absolute Gasteiger partial charge is 0.330 e. The van der Waals surface area contributed by atoms with Gasteiger partial charge in [0.05, 0.1) is 0 Å². The summed E-state index contributed by atoms with van der Waals surface area (Å²) < 4.78 is 41.4. The van der Waals surface area contributed by atoms with Gasteiger partial charge in [0.15, 0.2) is 11.6 Å². The molecule has 2 aromatic carbocycles. The minimum Gasteiger partial charge on any atom is -0.330 e. The highest BCUT2D eigenvalue weighted by Crippen LogP contribution is 2.57. The molecule has 152 valence electrons. The van der Waals surface area contributed by atoms with Gasteiger partial charge in [-0.05, 0) is 73.2 Å². The molecule has 2 aliphatic rings. The van der Waals surface area contributed by atoms with E-state index in [1.54, 1.807) is 6.07 Å². The summed E-state index contributed by atoms with van der Waals surface area (Å²) in [6.45, 7) is 1.80. The van der Waals surface area contributed by atoms with Crippen LogP contribution in [0.1, 0.15) is 36.5 Å². The lowest BCUT2D eigenvalue weighted by molar-refractivity contribution is -0.134. The molecule has 1 aliphatic carbocycles. The Bertz CT molecular complexity index is 1010.